The van der Waals surface area contributed by atoms with Crippen LogP contribution in [0.2, 0.25) is 0 Å². The van der Waals surface area contributed by atoms with Crippen molar-refractivity contribution in [1.82, 2.24) is 0 Å². The van der Waals surface area contributed by atoms with Gasteiger partial charge < -0.3 is 0 Å². The highest BCUT2D eigenvalue weighted by Gasteiger charge is 2.10. The zero-order chi connectivity index (χ0) is 18.6. The first-order valence-electron chi connectivity index (χ1n) is 9.98. The predicted molar refractivity (Wildman–Crippen MR) is 112 cm³/mol. The SMILES string of the molecule is Cc1cc2ccccc2c[n+]1CCCCC[n+]1cc2ccccc2cc1C. The summed E-state index contributed by atoms with van der Waals surface area (Å²) in [7, 11) is 0. The van der Waals surface area contributed by atoms with Crippen LogP contribution in [0.1, 0.15) is 30.7 Å². The molecule has 4 aromatic rings. The van der Waals surface area contributed by atoms with Crippen LogP contribution in [0, 0.1) is 13.8 Å². The molecule has 27 heavy (non-hydrogen) atoms. The lowest BCUT2D eigenvalue weighted by atomic mass is 10.1. The molecule has 0 saturated heterocycles. The van der Waals surface area contributed by atoms with Gasteiger partial charge in [0.15, 0.2) is 23.8 Å². The summed E-state index contributed by atoms with van der Waals surface area (Å²) in [6.07, 6.45) is 8.28. The van der Waals surface area contributed by atoms with Crippen molar-refractivity contribution in [3.63, 3.8) is 0 Å². The Bertz CT molecular complexity index is 995. The van der Waals surface area contributed by atoms with E-state index in [1.165, 1.54) is 52.2 Å². The van der Waals surface area contributed by atoms with E-state index in [9.17, 15) is 0 Å². The van der Waals surface area contributed by atoms with Gasteiger partial charge in [0.25, 0.3) is 0 Å². The highest BCUT2D eigenvalue weighted by atomic mass is 15.0. The summed E-state index contributed by atoms with van der Waals surface area (Å²) in [5, 5.41) is 5.31. The molecule has 2 heteroatoms. The molecule has 0 aliphatic rings. The van der Waals surface area contributed by atoms with Gasteiger partial charge in [0, 0.05) is 49.6 Å². The van der Waals surface area contributed by atoms with Crippen molar-refractivity contribution in [2.24, 2.45) is 0 Å². The summed E-state index contributed by atoms with van der Waals surface area (Å²) in [5.74, 6) is 0. The van der Waals surface area contributed by atoms with Gasteiger partial charge in [-0.25, -0.2) is 9.13 Å². The van der Waals surface area contributed by atoms with Crippen molar-refractivity contribution in [2.75, 3.05) is 0 Å². The van der Waals surface area contributed by atoms with Crippen LogP contribution < -0.4 is 9.13 Å². The topological polar surface area (TPSA) is 7.76 Å². The number of hydrogen-bond acceptors (Lipinski definition) is 0. The standard InChI is InChI=1S/C25H28N2/c1-20-16-22-10-4-6-12-24(22)18-26(20)14-8-3-9-15-27-19-25-13-7-5-11-23(25)17-21(27)2/h4-7,10-13,16-19H,3,8-9,14-15H2,1-2H3/q+2. The van der Waals surface area contributed by atoms with Crippen LogP contribution in [-0.2, 0) is 13.1 Å². The van der Waals surface area contributed by atoms with E-state index in [1.54, 1.807) is 0 Å². The zero-order valence-electron chi connectivity index (χ0n) is 16.4. The third-order valence-corrected chi connectivity index (χ3v) is 5.51. The molecule has 0 saturated carbocycles. The summed E-state index contributed by atoms with van der Waals surface area (Å²) in [5.41, 5.74) is 2.68. The number of aromatic nitrogens is 2. The number of nitrogens with zero attached hydrogens (tertiary/aromatic N) is 2. The lowest BCUT2D eigenvalue weighted by molar-refractivity contribution is -0.705. The molecule has 0 bridgehead atoms. The summed E-state index contributed by atoms with van der Waals surface area (Å²) in [6, 6.07) is 21.8. The van der Waals surface area contributed by atoms with Gasteiger partial charge in [-0.2, -0.15) is 0 Å². The number of pyridine rings is 2. The fraction of sp³-hybridized carbons (Fsp3) is 0.280. The lowest BCUT2D eigenvalue weighted by Crippen LogP contribution is -2.38. The molecule has 4 rings (SSSR count). The Kier molecular flexibility index (Phi) is 5.15. The fourth-order valence-electron chi connectivity index (χ4n) is 3.90. The van der Waals surface area contributed by atoms with Gasteiger partial charge in [-0.3, -0.25) is 0 Å². The van der Waals surface area contributed by atoms with Gasteiger partial charge in [-0.15, -0.1) is 0 Å². The number of aryl methyl sites for hydroxylation is 4. The van der Waals surface area contributed by atoms with Crippen LogP contribution in [0.25, 0.3) is 21.5 Å². The second kappa shape index (κ2) is 7.87. The summed E-state index contributed by atoms with van der Waals surface area (Å²) in [4.78, 5) is 0. The Balaban J connectivity index is 1.34. The quantitative estimate of drug-likeness (QED) is 0.337. The minimum atomic E-state index is 1.10. The molecule has 0 aliphatic heterocycles. The highest BCUT2D eigenvalue weighted by Crippen LogP contribution is 2.13. The van der Waals surface area contributed by atoms with E-state index >= 15 is 0 Å². The molecule has 2 nitrogen and oxygen atoms in total. The Morgan fingerprint density at radius 3 is 1.41 bits per heavy atom. The molecule has 0 N–H and O–H groups in total. The third kappa shape index (κ3) is 4.00. The Labute approximate surface area is 161 Å². The van der Waals surface area contributed by atoms with Crippen LogP contribution in [0.5, 0.6) is 0 Å². The van der Waals surface area contributed by atoms with E-state index in [0.717, 1.165) is 13.1 Å². The number of unbranched alkanes of at least 4 members (excludes halogenated alkanes) is 2. The van der Waals surface area contributed by atoms with Crippen molar-refractivity contribution in [2.45, 2.75) is 46.2 Å². The highest BCUT2D eigenvalue weighted by molar-refractivity contribution is 5.81. The van der Waals surface area contributed by atoms with Crippen molar-refractivity contribution in [3.05, 3.63) is 84.4 Å². The van der Waals surface area contributed by atoms with Crippen LogP contribution in [0.15, 0.2) is 73.1 Å². The van der Waals surface area contributed by atoms with Crippen LogP contribution >= 0.6 is 0 Å². The number of benzene rings is 2. The first kappa shape index (κ1) is 17.7. The van der Waals surface area contributed by atoms with Gasteiger partial charge in [0.05, 0.1) is 0 Å². The van der Waals surface area contributed by atoms with Crippen LogP contribution in [0.4, 0.5) is 0 Å². The van der Waals surface area contributed by atoms with Crippen molar-refractivity contribution >= 4 is 21.5 Å². The molecule has 0 unspecified atom stereocenters. The van der Waals surface area contributed by atoms with Crippen molar-refractivity contribution in [3.8, 4) is 0 Å². The van der Waals surface area contributed by atoms with Crippen LogP contribution in [-0.4, -0.2) is 0 Å². The van der Waals surface area contributed by atoms with Gasteiger partial charge in [0.2, 0.25) is 0 Å². The molecule has 0 radical (unpaired) electrons. The Hall–Kier alpha value is -2.74. The molecule has 0 amide bonds. The fourth-order valence-corrected chi connectivity index (χ4v) is 3.90. The maximum atomic E-state index is 2.40. The predicted octanol–water partition coefficient (Wildman–Crippen LogP) is 5.06. The third-order valence-electron chi connectivity index (χ3n) is 5.51. The van der Waals surface area contributed by atoms with Gasteiger partial charge in [-0.1, -0.05) is 36.4 Å². The monoisotopic (exact) mass is 356 g/mol. The number of fused-ring (bicyclic) bond motifs is 2. The maximum absolute atomic E-state index is 2.40. The molecular weight excluding hydrogens is 328 g/mol. The van der Waals surface area contributed by atoms with E-state index in [4.69, 9.17) is 0 Å². The van der Waals surface area contributed by atoms with Crippen LogP contribution in [0.3, 0.4) is 0 Å². The molecular formula is C25H28N2+2. The maximum Gasteiger partial charge on any atom is 0.178 e. The van der Waals surface area contributed by atoms with E-state index in [-0.39, 0.29) is 0 Å². The lowest BCUT2D eigenvalue weighted by Gasteiger charge is -2.05. The van der Waals surface area contributed by atoms with E-state index in [2.05, 4.69) is 96.0 Å². The van der Waals surface area contributed by atoms with Gasteiger partial charge in [0.1, 0.15) is 13.1 Å². The summed E-state index contributed by atoms with van der Waals surface area (Å²) < 4.78 is 4.80. The molecule has 0 spiro atoms. The molecule has 0 fully saturated rings. The normalized spacial score (nSPS) is 11.3. The van der Waals surface area contributed by atoms with E-state index in [0.29, 0.717) is 0 Å². The van der Waals surface area contributed by atoms with Gasteiger partial charge in [-0.05, 0) is 29.3 Å². The molecule has 2 aromatic heterocycles. The molecule has 0 atom stereocenters. The minimum absolute atomic E-state index is 1.10. The van der Waals surface area contributed by atoms with E-state index < -0.39 is 0 Å². The average Bonchev–Trinajstić information content (AvgIpc) is 2.68. The number of hydrogen-bond donors (Lipinski definition) is 0. The summed E-state index contributed by atoms with van der Waals surface area (Å²) in [6.45, 7) is 6.61. The molecule has 2 heterocycles. The molecule has 136 valence electrons. The van der Waals surface area contributed by atoms with Crippen molar-refractivity contribution in [1.29, 1.82) is 0 Å². The van der Waals surface area contributed by atoms with Gasteiger partial charge >= 0.3 is 0 Å². The smallest absolute Gasteiger partial charge is 0.178 e. The zero-order valence-corrected chi connectivity index (χ0v) is 16.4. The molecule has 2 aromatic carbocycles. The molecule has 0 aliphatic carbocycles. The summed E-state index contributed by atoms with van der Waals surface area (Å²) >= 11 is 0. The first-order valence-corrected chi connectivity index (χ1v) is 9.98. The second-order valence-corrected chi connectivity index (χ2v) is 7.53. The Morgan fingerprint density at radius 1 is 0.556 bits per heavy atom. The number of rotatable bonds is 6. The first-order chi connectivity index (χ1) is 13.2. The minimum Gasteiger partial charge on any atom is -0.202 e. The average molecular weight is 357 g/mol. The largest absolute Gasteiger partial charge is 0.202 e. The van der Waals surface area contributed by atoms with Crippen molar-refractivity contribution < 1.29 is 9.13 Å². The second-order valence-electron chi connectivity index (χ2n) is 7.53. The Morgan fingerprint density at radius 2 is 0.963 bits per heavy atom. The van der Waals surface area contributed by atoms with E-state index in [1.807, 2.05) is 0 Å².